The number of amides is 3. The van der Waals surface area contributed by atoms with Crippen LogP contribution in [0.4, 0.5) is 21.9 Å². The maximum Gasteiger partial charge on any atom is 0.323 e. The molecule has 22 heavy (non-hydrogen) atoms. The molecule has 0 saturated heterocycles. The second-order valence-electron chi connectivity index (χ2n) is 4.63. The maximum absolute atomic E-state index is 12.0. The van der Waals surface area contributed by atoms with Crippen molar-refractivity contribution in [1.29, 1.82) is 0 Å². The van der Waals surface area contributed by atoms with Crippen molar-refractivity contribution in [2.45, 2.75) is 4.90 Å². The van der Waals surface area contributed by atoms with Crippen molar-refractivity contribution in [3.05, 3.63) is 47.5 Å². The predicted octanol–water partition coefficient (Wildman–Crippen LogP) is 4.03. The van der Waals surface area contributed by atoms with Crippen LogP contribution in [0.3, 0.4) is 0 Å². The third kappa shape index (κ3) is 3.52. The van der Waals surface area contributed by atoms with Crippen molar-refractivity contribution >= 4 is 52.4 Å². The number of hydrogen-bond donors (Lipinski definition) is 3. The average Bonchev–Trinajstić information content (AvgIpc) is 2.49. The molecule has 3 rings (SSSR count). The Balaban J connectivity index is 1.67. The van der Waals surface area contributed by atoms with E-state index in [0.29, 0.717) is 27.8 Å². The van der Waals surface area contributed by atoms with Crippen molar-refractivity contribution in [2.75, 3.05) is 21.7 Å². The number of thioether (sulfide) groups is 1. The number of carbonyl (C=O) groups is 2. The van der Waals surface area contributed by atoms with Gasteiger partial charge in [-0.1, -0.05) is 11.6 Å². The summed E-state index contributed by atoms with van der Waals surface area (Å²) >= 11 is 7.27. The lowest BCUT2D eigenvalue weighted by Gasteiger charge is -2.17. The van der Waals surface area contributed by atoms with E-state index < -0.39 is 0 Å². The second-order valence-corrected chi connectivity index (χ2v) is 6.09. The van der Waals surface area contributed by atoms with Gasteiger partial charge in [0, 0.05) is 21.3 Å². The van der Waals surface area contributed by atoms with E-state index in [2.05, 4.69) is 16.0 Å². The summed E-state index contributed by atoms with van der Waals surface area (Å²) in [5.41, 5.74) is 1.96. The highest BCUT2D eigenvalue weighted by Crippen LogP contribution is 2.33. The van der Waals surface area contributed by atoms with Gasteiger partial charge in [0.1, 0.15) is 0 Å². The van der Waals surface area contributed by atoms with E-state index in [1.54, 1.807) is 36.4 Å². The van der Waals surface area contributed by atoms with Crippen LogP contribution >= 0.6 is 23.4 Å². The molecule has 3 N–H and O–H groups in total. The Labute approximate surface area is 136 Å². The zero-order valence-electron chi connectivity index (χ0n) is 11.4. The molecule has 2 aromatic rings. The van der Waals surface area contributed by atoms with E-state index in [1.165, 1.54) is 11.8 Å². The zero-order chi connectivity index (χ0) is 15.5. The molecular weight excluding hydrogens is 322 g/mol. The number of benzene rings is 2. The zero-order valence-corrected chi connectivity index (χ0v) is 12.9. The van der Waals surface area contributed by atoms with Crippen LogP contribution in [0.15, 0.2) is 47.4 Å². The number of carbonyl (C=O) groups excluding carboxylic acids is 2. The SMILES string of the molecule is O=C1CSc2ccc(NC(=O)Nc3ccc(Cl)cc3)cc2N1. The first-order valence-corrected chi connectivity index (χ1v) is 7.87. The molecule has 0 aromatic heterocycles. The van der Waals surface area contributed by atoms with Crippen molar-refractivity contribution in [3.8, 4) is 0 Å². The van der Waals surface area contributed by atoms with Gasteiger partial charge in [-0.05, 0) is 42.5 Å². The summed E-state index contributed by atoms with van der Waals surface area (Å²) in [7, 11) is 0. The lowest BCUT2D eigenvalue weighted by molar-refractivity contribution is -0.113. The minimum atomic E-state index is -0.364. The smallest absolute Gasteiger partial charge is 0.323 e. The number of anilines is 3. The molecule has 0 aliphatic carbocycles. The molecule has 0 fully saturated rings. The Kier molecular flexibility index (Phi) is 4.22. The first kappa shape index (κ1) is 14.7. The molecule has 0 atom stereocenters. The summed E-state index contributed by atoms with van der Waals surface area (Å²) in [4.78, 5) is 24.3. The fourth-order valence-electron chi connectivity index (χ4n) is 1.99. The van der Waals surface area contributed by atoms with Crippen LogP contribution in [0.1, 0.15) is 0 Å². The van der Waals surface area contributed by atoms with Gasteiger partial charge >= 0.3 is 6.03 Å². The number of nitrogens with one attached hydrogen (secondary N) is 3. The summed E-state index contributed by atoms with van der Waals surface area (Å²) in [5, 5.41) is 8.82. The van der Waals surface area contributed by atoms with E-state index in [4.69, 9.17) is 11.6 Å². The molecule has 0 saturated carbocycles. The van der Waals surface area contributed by atoms with E-state index in [1.807, 2.05) is 6.07 Å². The van der Waals surface area contributed by atoms with E-state index in [0.717, 1.165) is 4.90 Å². The highest BCUT2D eigenvalue weighted by molar-refractivity contribution is 8.00. The minimum Gasteiger partial charge on any atom is -0.324 e. The third-order valence-corrected chi connectivity index (χ3v) is 4.30. The fourth-order valence-corrected chi connectivity index (χ4v) is 2.90. The highest BCUT2D eigenvalue weighted by atomic mass is 35.5. The van der Waals surface area contributed by atoms with E-state index in [-0.39, 0.29) is 11.9 Å². The Morgan fingerprint density at radius 2 is 1.77 bits per heavy atom. The maximum atomic E-state index is 12.0. The number of hydrogen-bond acceptors (Lipinski definition) is 3. The van der Waals surface area contributed by atoms with Gasteiger partial charge in [-0.25, -0.2) is 4.79 Å². The van der Waals surface area contributed by atoms with Crippen LogP contribution in [0.5, 0.6) is 0 Å². The van der Waals surface area contributed by atoms with Crippen LogP contribution in [0, 0.1) is 0 Å². The molecule has 1 heterocycles. The Bertz CT molecular complexity index is 734. The Morgan fingerprint density at radius 3 is 2.55 bits per heavy atom. The molecular formula is C15H12ClN3O2S. The number of rotatable bonds is 2. The third-order valence-electron chi connectivity index (χ3n) is 2.97. The summed E-state index contributed by atoms with van der Waals surface area (Å²) in [5.74, 6) is 0.372. The summed E-state index contributed by atoms with van der Waals surface area (Å²) < 4.78 is 0. The number of urea groups is 1. The van der Waals surface area contributed by atoms with Crippen molar-refractivity contribution in [1.82, 2.24) is 0 Å². The lowest BCUT2D eigenvalue weighted by Crippen LogP contribution is -2.21. The van der Waals surface area contributed by atoms with Crippen LogP contribution in [0.2, 0.25) is 5.02 Å². The number of fused-ring (bicyclic) bond motifs is 1. The summed E-state index contributed by atoms with van der Waals surface area (Å²) in [6, 6.07) is 11.9. The van der Waals surface area contributed by atoms with Crippen molar-refractivity contribution in [3.63, 3.8) is 0 Å². The van der Waals surface area contributed by atoms with Gasteiger partial charge in [-0.15, -0.1) is 11.8 Å². The van der Waals surface area contributed by atoms with Gasteiger partial charge in [0.25, 0.3) is 0 Å². The van der Waals surface area contributed by atoms with Gasteiger partial charge in [-0.2, -0.15) is 0 Å². The molecule has 2 aromatic carbocycles. The normalized spacial score (nSPS) is 13.0. The lowest BCUT2D eigenvalue weighted by atomic mass is 10.2. The molecule has 1 aliphatic rings. The Hall–Kier alpha value is -2.18. The molecule has 3 amide bonds. The van der Waals surface area contributed by atoms with Gasteiger partial charge in [0.05, 0.1) is 11.4 Å². The van der Waals surface area contributed by atoms with Gasteiger partial charge in [-0.3, -0.25) is 4.79 Å². The van der Waals surface area contributed by atoms with E-state index >= 15 is 0 Å². The molecule has 5 nitrogen and oxygen atoms in total. The number of halogens is 1. The van der Waals surface area contributed by atoms with Crippen LogP contribution in [0.25, 0.3) is 0 Å². The standard InChI is InChI=1S/C15H12ClN3O2S/c16-9-1-3-10(4-2-9)17-15(21)18-11-5-6-13-12(7-11)19-14(20)8-22-13/h1-7H,8H2,(H,19,20)(H2,17,18,21). The molecule has 0 bridgehead atoms. The Morgan fingerprint density at radius 1 is 1.09 bits per heavy atom. The molecule has 0 unspecified atom stereocenters. The molecule has 0 radical (unpaired) electrons. The molecule has 112 valence electrons. The summed E-state index contributed by atoms with van der Waals surface area (Å²) in [6.45, 7) is 0. The quantitative estimate of drug-likeness (QED) is 0.777. The predicted molar refractivity (Wildman–Crippen MR) is 89.9 cm³/mol. The first-order valence-electron chi connectivity index (χ1n) is 6.50. The highest BCUT2D eigenvalue weighted by Gasteiger charge is 2.15. The van der Waals surface area contributed by atoms with Gasteiger partial charge < -0.3 is 16.0 Å². The van der Waals surface area contributed by atoms with Gasteiger partial charge in [0.15, 0.2) is 0 Å². The van der Waals surface area contributed by atoms with E-state index in [9.17, 15) is 9.59 Å². The largest absolute Gasteiger partial charge is 0.324 e. The topological polar surface area (TPSA) is 70.2 Å². The fraction of sp³-hybridized carbons (Fsp3) is 0.0667. The average molecular weight is 334 g/mol. The van der Waals surface area contributed by atoms with Crippen LogP contribution in [-0.4, -0.2) is 17.7 Å². The summed E-state index contributed by atoms with van der Waals surface area (Å²) in [6.07, 6.45) is 0. The van der Waals surface area contributed by atoms with Crippen molar-refractivity contribution < 1.29 is 9.59 Å². The van der Waals surface area contributed by atoms with Crippen LogP contribution in [-0.2, 0) is 4.79 Å². The van der Waals surface area contributed by atoms with Gasteiger partial charge in [0.2, 0.25) is 5.91 Å². The molecule has 0 spiro atoms. The minimum absolute atomic E-state index is 0.0414. The monoisotopic (exact) mass is 333 g/mol. The van der Waals surface area contributed by atoms with Crippen molar-refractivity contribution in [2.24, 2.45) is 0 Å². The first-order chi connectivity index (χ1) is 10.6. The second kappa shape index (κ2) is 6.29. The molecule has 7 heteroatoms. The molecule has 1 aliphatic heterocycles. The van der Waals surface area contributed by atoms with Crippen LogP contribution < -0.4 is 16.0 Å².